The summed E-state index contributed by atoms with van der Waals surface area (Å²) in [5, 5.41) is 0.850. The second kappa shape index (κ2) is 7.13. The van der Waals surface area contributed by atoms with Crippen LogP contribution in [0.4, 0.5) is 0 Å². The van der Waals surface area contributed by atoms with E-state index >= 15 is 0 Å². The molecule has 0 aliphatic rings. The molecule has 0 spiro atoms. The molecule has 0 aliphatic heterocycles. The highest BCUT2D eigenvalue weighted by molar-refractivity contribution is 9.08. The summed E-state index contributed by atoms with van der Waals surface area (Å²) in [4.78, 5) is 19.7. The van der Waals surface area contributed by atoms with Gasteiger partial charge in [-0.2, -0.15) is 0 Å². The van der Waals surface area contributed by atoms with Gasteiger partial charge in [-0.1, -0.05) is 53.5 Å². The molecular weight excluding hydrogens is 354 g/mol. The zero-order chi connectivity index (χ0) is 16.2. The van der Waals surface area contributed by atoms with Gasteiger partial charge in [-0.15, -0.1) is 0 Å². The topological polar surface area (TPSA) is 50.7 Å². The summed E-state index contributed by atoms with van der Waals surface area (Å²) in [5.41, 5.74) is 3.79. The number of hydrogen-bond donors (Lipinski definition) is 1. The summed E-state index contributed by atoms with van der Waals surface area (Å²) in [6, 6.07) is 10.3. The van der Waals surface area contributed by atoms with Crippen molar-refractivity contribution in [2.45, 2.75) is 38.1 Å². The van der Waals surface area contributed by atoms with Crippen molar-refractivity contribution in [3.05, 3.63) is 63.8 Å². The van der Waals surface area contributed by atoms with Crippen LogP contribution in [-0.2, 0) is 18.3 Å². The maximum atomic E-state index is 12.3. The lowest BCUT2D eigenvalue weighted by Crippen LogP contribution is -2.13. The minimum atomic E-state index is -0.0742. The average Bonchev–Trinajstić information content (AvgIpc) is 2.92. The van der Waals surface area contributed by atoms with Crippen LogP contribution in [0.3, 0.4) is 0 Å². The summed E-state index contributed by atoms with van der Waals surface area (Å²) in [7, 11) is 0. The molecule has 0 aliphatic carbocycles. The second-order valence-electron chi connectivity index (χ2n) is 5.71. The number of aromatic nitrogens is 3. The number of aryl methyl sites for hydroxylation is 1. The van der Waals surface area contributed by atoms with Gasteiger partial charge in [0.2, 0.25) is 0 Å². The van der Waals surface area contributed by atoms with Gasteiger partial charge in [-0.25, -0.2) is 4.98 Å². The zero-order valence-corrected chi connectivity index (χ0v) is 14.8. The number of nitrogens with one attached hydrogen (secondary N) is 1. The Morgan fingerprint density at radius 1 is 1.17 bits per heavy atom. The predicted octanol–water partition coefficient (Wildman–Crippen LogP) is 4.01. The van der Waals surface area contributed by atoms with Gasteiger partial charge >= 0.3 is 0 Å². The Balaban J connectivity index is 2.03. The van der Waals surface area contributed by atoms with Gasteiger partial charge in [0.25, 0.3) is 5.56 Å². The number of hydrogen-bond acceptors (Lipinski definition) is 2. The van der Waals surface area contributed by atoms with Crippen LogP contribution in [0, 0.1) is 0 Å². The first-order valence-corrected chi connectivity index (χ1v) is 9.05. The molecule has 0 unspecified atom stereocenters. The van der Waals surface area contributed by atoms with Gasteiger partial charge < -0.3 is 9.55 Å². The number of alkyl halides is 1. The van der Waals surface area contributed by atoms with Gasteiger partial charge in [-0.3, -0.25) is 4.79 Å². The van der Waals surface area contributed by atoms with Crippen molar-refractivity contribution in [2.75, 3.05) is 0 Å². The largest absolute Gasteiger partial charge is 0.327 e. The summed E-state index contributed by atoms with van der Waals surface area (Å²) in [5.74, 6) is 0.989. The summed E-state index contributed by atoms with van der Waals surface area (Å²) in [6.45, 7) is 2.84. The molecule has 2 heterocycles. The van der Waals surface area contributed by atoms with Crippen molar-refractivity contribution >= 4 is 27.0 Å². The standard InChI is InChI=1S/C18H20BrN3O/c1-2-3-4-16-21-15-9-10-20-18(23)17(15)22(16)12-14-7-5-13(11-19)6-8-14/h5-10H,2-4,11-12H2,1H3,(H,20,23). The van der Waals surface area contributed by atoms with E-state index in [1.54, 1.807) is 6.20 Å². The highest BCUT2D eigenvalue weighted by atomic mass is 79.9. The van der Waals surface area contributed by atoms with Crippen molar-refractivity contribution < 1.29 is 0 Å². The Morgan fingerprint density at radius 3 is 2.61 bits per heavy atom. The van der Waals surface area contributed by atoms with Crippen molar-refractivity contribution in [2.24, 2.45) is 0 Å². The maximum Gasteiger partial charge on any atom is 0.274 e. The van der Waals surface area contributed by atoms with Gasteiger partial charge in [0.15, 0.2) is 0 Å². The van der Waals surface area contributed by atoms with Crippen LogP contribution in [-0.4, -0.2) is 14.5 Å². The fraction of sp³-hybridized carbons (Fsp3) is 0.333. The summed E-state index contributed by atoms with van der Waals surface area (Å²) < 4.78 is 2.06. The third-order valence-electron chi connectivity index (χ3n) is 4.02. The molecule has 3 aromatic rings. The van der Waals surface area contributed by atoms with Crippen molar-refractivity contribution in [1.29, 1.82) is 0 Å². The minimum absolute atomic E-state index is 0.0742. The minimum Gasteiger partial charge on any atom is -0.327 e. The molecule has 5 heteroatoms. The van der Waals surface area contributed by atoms with E-state index in [1.807, 2.05) is 6.07 Å². The van der Waals surface area contributed by atoms with E-state index in [0.717, 1.165) is 35.9 Å². The molecule has 4 nitrogen and oxygen atoms in total. The van der Waals surface area contributed by atoms with Crippen LogP contribution < -0.4 is 5.56 Å². The number of H-pyrrole nitrogens is 1. The highest BCUT2D eigenvalue weighted by Gasteiger charge is 2.13. The van der Waals surface area contributed by atoms with Gasteiger partial charge in [0.05, 0.1) is 5.52 Å². The van der Waals surface area contributed by atoms with E-state index in [2.05, 4.69) is 61.7 Å². The van der Waals surface area contributed by atoms with Gasteiger partial charge in [0, 0.05) is 24.5 Å². The molecule has 1 aromatic carbocycles. The zero-order valence-electron chi connectivity index (χ0n) is 13.2. The first kappa shape index (κ1) is 16.0. The van der Waals surface area contributed by atoms with Gasteiger partial charge in [-0.05, 0) is 23.6 Å². The molecule has 1 N–H and O–H groups in total. The second-order valence-corrected chi connectivity index (χ2v) is 6.27. The Kier molecular flexibility index (Phi) is 4.96. The SMILES string of the molecule is CCCCc1nc2cc[nH]c(=O)c2n1Cc1ccc(CBr)cc1. The third kappa shape index (κ3) is 3.39. The van der Waals surface area contributed by atoms with E-state index < -0.39 is 0 Å². The van der Waals surface area contributed by atoms with Crippen molar-refractivity contribution in [1.82, 2.24) is 14.5 Å². The molecule has 2 aromatic heterocycles. The van der Waals surface area contributed by atoms with Crippen LogP contribution in [0.1, 0.15) is 36.7 Å². The predicted molar refractivity (Wildman–Crippen MR) is 97.1 cm³/mol. The molecule has 3 rings (SSSR count). The van der Waals surface area contributed by atoms with Crippen LogP contribution in [0.15, 0.2) is 41.3 Å². The van der Waals surface area contributed by atoms with Crippen molar-refractivity contribution in [3.63, 3.8) is 0 Å². The molecule has 0 fully saturated rings. The Labute approximate surface area is 143 Å². The van der Waals surface area contributed by atoms with Crippen molar-refractivity contribution in [3.8, 4) is 0 Å². The molecule has 120 valence electrons. The number of unbranched alkanes of at least 4 members (excludes halogenated alkanes) is 1. The fourth-order valence-corrected chi connectivity index (χ4v) is 3.13. The summed E-state index contributed by atoms with van der Waals surface area (Å²) in [6.07, 6.45) is 4.74. The lowest BCUT2D eigenvalue weighted by molar-refractivity contribution is 0.688. The normalized spacial score (nSPS) is 11.2. The maximum absolute atomic E-state index is 12.3. The monoisotopic (exact) mass is 373 g/mol. The van der Waals surface area contributed by atoms with Gasteiger partial charge in [0.1, 0.15) is 11.3 Å². The number of fused-ring (bicyclic) bond motifs is 1. The molecule has 0 amide bonds. The van der Waals surface area contributed by atoms with E-state index in [4.69, 9.17) is 0 Å². The molecular formula is C18H20BrN3O. The third-order valence-corrected chi connectivity index (χ3v) is 4.66. The van der Waals surface area contributed by atoms with Crippen LogP contribution >= 0.6 is 15.9 Å². The molecule has 0 saturated heterocycles. The molecule has 0 bridgehead atoms. The quantitative estimate of drug-likeness (QED) is 0.663. The number of benzene rings is 1. The van der Waals surface area contributed by atoms with Crippen LogP contribution in [0.2, 0.25) is 0 Å². The Morgan fingerprint density at radius 2 is 1.91 bits per heavy atom. The smallest absolute Gasteiger partial charge is 0.274 e. The number of pyridine rings is 1. The molecule has 0 atom stereocenters. The molecule has 0 saturated carbocycles. The number of halogens is 1. The number of nitrogens with zero attached hydrogens (tertiary/aromatic N) is 2. The van der Waals surface area contributed by atoms with E-state index in [9.17, 15) is 4.79 Å². The molecule has 0 radical (unpaired) electrons. The van der Waals surface area contributed by atoms with E-state index in [1.165, 1.54) is 11.1 Å². The highest BCUT2D eigenvalue weighted by Crippen LogP contribution is 2.17. The number of aromatic amines is 1. The van der Waals surface area contributed by atoms with E-state index in [-0.39, 0.29) is 5.56 Å². The number of imidazole rings is 1. The summed E-state index contributed by atoms with van der Waals surface area (Å²) >= 11 is 3.46. The average molecular weight is 374 g/mol. The Bertz CT molecular complexity index is 849. The lowest BCUT2D eigenvalue weighted by Gasteiger charge is -2.09. The van der Waals surface area contributed by atoms with E-state index in [0.29, 0.717) is 12.1 Å². The Hall–Kier alpha value is -1.88. The van der Waals surface area contributed by atoms with Crippen LogP contribution in [0.5, 0.6) is 0 Å². The lowest BCUT2D eigenvalue weighted by atomic mass is 10.1. The van der Waals surface area contributed by atoms with Crippen LogP contribution in [0.25, 0.3) is 11.0 Å². The first-order valence-electron chi connectivity index (χ1n) is 7.93. The fourth-order valence-electron chi connectivity index (χ4n) is 2.75. The number of rotatable bonds is 6. The molecule has 23 heavy (non-hydrogen) atoms. The first-order chi connectivity index (χ1) is 11.2.